The predicted molar refractivity (Wildman–Crippen MR) is 414 cm³/mol. The van der Waals surface area contributed by atoms with Gasteiger partial charge in [-0.3, -0.25) is 0 Å². The standard InChI is InChI=1S/C93H87BN2O/c1-88(2,3)64-41-45-80-72(52-64)73-53-65(89(4,5)6)42-46-81(73)95(80)69-56-77-86-83(57-69)96(87-70(59-31-21-17-22-32-59)54-68(92(13,14)15)55-71(87)60-33-23-18-24-34-60)82-50-62(58-29-19-16-20-30-58)40-44-79(82)94(86)78-43-39-61(63-47-66(90(7,8)9)51-67(48-63)91(10,11)12)49-76(78)93(77)74-35-25-27-37-84(74)97-85-38-28-26-36-75(85)93/h16-57H,1-15H3/i16D,19D,20D,29D,30D. The monoisotopic (exact) mass is 1260 g/mol. The Balaban J connectivity index is 1.16. The fourth-order valence-electron chi connectivity index (χ4n) is 15.8. The van der Waals surface area contributed by atoms with Crippen LogP contribution in [0.25, 0.3) is 72.0 Å². The number of rotatable bonds is 6. The average molecular weight is 1260 g/mol. The van der Waals surface area contributed by atoms with Crippen molar-refractivity contribution >= 4 is 62.0 Å². The number of hydrogen-bond donors (Lipinski definition) is 0. The van der Waals surface area contributed by atoms with Crippen LogP contribution in [-0.2, 0) is 32.5 Å². The molecule has 3 nitrogen and oxygen atoms in total. The first-order chi connectivity index (χ1) is 48.3. The van der Waals surface area contributed by atoms with Crippen LogP contribution in [0.4, 0.5) is 17.1 Å². The summed E-state index contributed by atoms with van der Waals surface area (Å²) < 4.78 is 56.3. The van der Waals surface area contributed by atoms with Crippen LogP contribution in [0, 0.1) is 0 Å². The molecule has 478 valence electrons. The largest absolute Gasteiger partial charge is 0.457 e. The molecular formula is C93H87BN2O. The summed E-state index contributed by atoms with van der Waals surface area (Å²) in [5, 5.41) is 2.35. The maximum atomic E-state index is 9.68. The SMILES string of the molecule is [2H]c1c([2H])c([2H])c(-c2ccc3c(c2)N(c2c(-c4ccccc4)cc(C(C)(C)C)cc2-c2ccccc2)c2cc(-n4c5ccc(C(C)(C)C)cc5c5cc(C(C)(C)C)ccc54)cc4c2B3c2ccc(-c3cc(C(C)(C)C)cc(C(C)(C)C)c3)cc2C42c3ccccc3Oc3ccccc32)c([2H])c1[2H]. The normalized spacial score (nSPS) is 14.8. The molecule has 0 atom stereocenters. The minimum atomic E-state index is -1.05. The third-order valence-electron chi connectivity index (χ3n) is 21.1. The van der Waals surface area contributed by atoms with Crippen LogP contribution in [0.5, 0.6) is 11.5 Å². The maximum Gasteiger partial charge on any atom is 0.247 e. The molecule has 0 amide bonds. The zero-order valence-corrected chi connectivity index (χ0v) is 58.7. The third kappa shape index (κ3) is 10.1. The quantitative estimate of drug-likeness (QED) is 0.154. The molecule has 0 saturated carbocycles. The van der Waals surface area contributed by atoms with E-state index in [1.54, 1.807) is 0 Å². The summed E-state index contributed by atoms with van der Waals surface area (Å²) in [5.74, 6) is 1.56. The van der Waals surface area contributed by atoms with Crippen LogP contribution in [0.2, 0.25) is 0 Å². The summed E-state index contributed by atoms with van der Waals surface area (Å²) >= 11 is 0. The predicted octanol–water partition coefficient (Wildman–Crippen LogP) is 23.0. The molecule has 0 fully saturated rings. The third-order valence-corrected chi connectivity index (χ3v) is 21.1. The molecule has 1 spiro atoms. The fraction of sp³-hybridized carbons (Fsp3) is 0.226. The molecule has 1 aromatic heterocycles. The summed E-state index contributed by atoms with van der Waals surface area (Å²) in [6, 6.07) is 82.1. The molecule has 0 N–H and O–H groups in total. The Kier molecular flexibility index (Phi) is 12.8. The minimum Gasteiger partial charge on any atom is -0.457 e. The molecule has 4 heterocycles. The molecule has 0 bridgehead atoms. The minimum absolute atomic E-state index is 0.141. The second-order valence-corrected chi connectivity index (χ2v) is 32.6. The fourth-order valence-corrected chi connectivity index (χ4v) is 15.8. The Morgan fingerprint density at radius 2 is 0.825 bits per heavy atom. The summed E-state index contributed by atoms with van der Waals surface area (Å²) in [7, 11) is 0. The lowest BCUT2D eigenvalue weighted by molar-refractivity contribution is 0.435. The number of aromatic nitrogens is 1. The smallest absolute Gasteiger partial charge is 0.247 e. The molecule has 0 unspecified atom stereocenters. The molecule has 13 aromatic rings. The molecule has 0 radical (unpaired) electrons. The van der Waals surface area contributed by atoms with Crippen LogP contribution < -0.4 is 26.0 Å². The van der Waals surface area contributed by atoms with Crippen LogP contribution in [0.1, 0.15) is 161 Å². The number of hydrogen-bond acceptors (Lipinski definition) is 2. The van der Waals surface area contributed by atoms with Gasteiger partial charge in [0.15, 0.2) is 0 Å². The molecule has 97 heavy (non-hydrogen) atoms. The van der Waals surface area contributed by atoms with Crippen LogP contribution in [0.3, 0.4) is 0 Å². The number of benzene rings is 12. The van der Waals surface area contributed by atoms with E-state index in [1.165, 1.54) is 38.6 Å². The Labute approximate surface area is 582 Å². The van der Waals surface area contributed by atoms with E-state index >= 15 is 0 Å². The lowest BCUT2D eigenvalue weighted by atomic mass is 9.29. The zero-order valence-electron chi connectivity index (χ0n) is 63.7. The first-order valence-electron chi connectivity index (χ1n) is 37.1. The van der Waals surface area contributed by atoms with Crippen molar-refractivity contribution in [2.45, 2.75) is 136 Å². The highest BCUT2D eigenvalue weighted by Crippen LogP contribution is 2.59. The van der Waals surface area contributed by atoms with E-state index in [4.69, 9.17) is 6.11 Å². The van der Waals surface area contributed by atoms with Gasteiger partial charge in [-0.1, -0.05) is 297 Å². The van der Waals surface area contributed by atoms with E-state index in [0.29, 0.717) is 5.56 Å². The van der Waals surface area contributed by atoms with Gasteiger partial charge in [-0.15, -0.1) is 0 Å². The second-order valence-electron chi connectivity index (χ2n) is 32.6. The highest BCUT2D eigenvalue weighted by Gasteiger charge is 2.55. The summed E-state index contributed by atoms with van der Waals surface area (Å²) in [4.78, 5) is 2.52. The maximum absolute atomic E-state index is 9.68. The van der Waals surface area contributed by atoms with E-state index in [1.807, 2.05) is 6.07 Å². The molecular weight excluding hydrogens is 1170 g/mol. The van der Waals surface area contributed by atoms with Gasteiger partial charge in [-0.2, -0.15) is 0 Å². The number of para-hydroxylation sites is 2. The molecule has 4 heteroatoms. The van der Waals surface area contributed by atoms with E-state index < -0.39 is 18.2 Å². The molecule has 16 rings (SSSR count). The van der Waals surface area contributed by atoms with Crippen molar-refractivity contribution in [1.82, 2.24) is 4.57 Å². The highest BCUT2D eigenvalue weighted by atomic mass is 16.5. The number of fused-ring (bicyclic) bond motifs is 13. The van der Waals surface area contributed by atoms with Gasteiger partial charge in [0.1, 0.15) is 11.5 Å². The summed E-state index contributed by atoms with van der Waals surface area (Å²) in [5.41, 5.74) is 24.7. The summed E-state index contributed by atoms with van der Waals surface area (Å²) in [6.07, 6.45) is 0. The van der Waals surface area contributed by atoms with Crippen molar-refractivity contribution in [3.05, 3.63) is 305 Å². The zero-order chi connectivity index (χ0) is 71.8. The van der Waals surface area contributed by atoms with E-state index in [2.05, 4.69) is 332 Å². The highest BCUT2D eigenvalue weighted by molar-refractivity contribution is 6.99. The van der Waals surface area contributed by atoms with Crippen molar-refractivity contribution < 1.29 is 11.6 Å². The van der Waals surface area contributed by atoms with Crippen molar-refractivity contribution in [2.24, 2.45) is 0 Å². The topological polar surface area (TPSA) is 17.4 Å². The van der Waals surface area contributed by atoms with Crippen LogP contribution in [0.15, 0.2) is 255 Å². The van der Waals surface area contributed by atoms with Gasteiger partial charge < -0.3 is 14.2 Å². The van der Waals surface area contributed by atoms with Gasteiger partial charge in [-0.25, -0.2) is 0 Å². The number of anilines is 3. The first kappa shape index (κ1) is 56.3. The molecule has 3 aliphatic rings. The second kappa shape index (κ2) is 22.1. The Bertz CT molecular complexity index is 5420. The van der Waals surface area contributed by atoms with Crippen molar-refractivity contribution in [3.8, 4) is 61.7 Å². The summed E-state index contributed by atoms with van der Waals surface area (Å²) in [6.45, 7) is 34.1. The van der Waals surface area contributed by atoms with Crippen molar-refractivity contribution in [1.29, 1.82) is 0 Å². The molecule has 0 saturated heterocycles. The van der Waals surface area contributed by atoms with Gasteiger partial charge in [0.25, 0.3) is 0 Å². The van der Waals surface area contributed by atoms with Crippen molar-refractivity contribution in [2.75, 3.05) is 4.90 Å². The van der Waals surface area contributed by atoms with Crippen LogP contribution >= 0.6 is 0 Å². The van der Waals surface area contributed by atoms with Crippen LogP contribution in [-0.4, -0.2) is 11.3 Å². The Hall–Kier alpha value is -9.90. The van der Waals surface area contributed by atoms with Gasteiger partial charge in [0.05, 0.1) is 29.0 Å². The van der Waals surface area contributed by atoms with E-state index in [0.717, 1.165) is 117 Å². The molecule has 0 aliphatic carbocycles. The van der Waals surface area contributed by atoms with Gasteiger partial charge in [-0.05, 0) is 177 Å². The Morgan fingerprint density at radius 3 is 1.34 bits per heavy atom. The number of nitrogens with zero attached hydrogens (tertiary/aromatic N) is 2. The van der Waals surface area contributed by atoms with Gasteiger partial charge >= 0.3 is 0 Å². The molecule has 3 aliphatic heterocycles. The van der Waals surface area contributed by atoms with Gasteiger partial charge in [0.2, 0.25) is 6.71 Å². The first-order valence-corrected chi connectivity index (χ1v) is 34.6. The average Bonchev–Trinajstić information content (AvgIpc) is 0.675. The molecule has 12 aromatic carbocycles. The van der Waals surface area contributed by atoms with Crippen molar-refractivity contribution in [3.63, 3.8) is 0 Å². The Morgan fingerprint density at radius 1 is 0.351 bits per heavy atom. The van der Waals surface area contributed by atoms with E-state index in [9.17, 15) is 5.48 Å². The lowest BCUT2D eigenvalue weighted by Gasteiger charge is -2.50. The van der Waals surface area contributed by atoms with E-state index in [-0.39, 0.29) is 56.8 Å². The lowest BCUT2D eigenvalue weighted by Crippen LogP contribution is -2.65. The number of ether oxygens (including phenoxy) is 1. The van der Waals surface area contributed by atoms with Gasteiger partial charge in [0, 0.05) is 50.1 Å².